The third-order valence-corrected chi connectivity index (χ3v) is 5.71. The molecule has 8 nitrogen and oxygen atoms in total. The lowest BCUT2D eigenvalue weighted by molar-refractivity contribution is 0.568. The first-order valence-electron chi connectivity index (χ1n) is 10.8. The van der Waals surface area contributed by atoms with Crippen LogP contribution in [-0.4, -0.2) is 36.7 Å². The van der Waals surface area contributed by atoms with Crippen molar-refractivity contribution in [2.75, 3.05) is 6.54 Å². The van der Waals surface area contributed by atoms with E-state index in [1.165, 1.54) is 0 Å². The van der Waals surface area contributed by atoms with Crippen molar-refractivity contribution in [3.8, 4) is 33.9 Å². The number of hydrogen-bond donors (Lipinski definition) is 3. The Kier molecular flexibility index (Phi) is 4.70. The highest BCUT2D eigenvalue weighted by Gasteiger charge is 2.16. The Hall–Kier alpha value is -4.30. The first-order valence-corrected chi connectivity index (χ1v) is 10.8. The molecule has 0 fully saturated rings. The molecule has 6 rings (SSSR count). The molecule has 0 aliphatic carbocycles. The molecule has 6 heterocycles. The van der Waals surface area contributed by atoms with Gasteiger partial charge in [-0.05, 0) is 42.4 Å². The minimum Gasteiger partial charge on any atom is -0.472 e. The summed E-state index contributed by atoms with van der Waals surface area (Å²) in [6.45, 7) is 3.78. The number of hydrogen-bond acceptors (Lipinski definition) is 6. The summed E-state index contributed by atoms with van der Waals surface area (Å²) in [5, 5.41) is 13.0. The zero-order chi connectivity index (χ0) is 22.2. The second-order valence-corrected chi connectivity index (χ2v) is 7.87. The number of furan rings is 1. The molecule has 0 aromatic carbocycles. The summed E-state index contributed by atoms with van der Waals surface area (Å²) in [6.07, 6.45) is 10.7. The number of rotatable bonds is 6. The average Bonchev–Trinajstić information content (AvgIpc) is 3.61. The topological polar surface area (TPSA) is 108 Å². The number of nitrogens with zero attached hydrogens (tertiary/aromatic N) is 4. The van der Waals surface area contributed by atoms with Crippen LogP contribution in [0.5, 0.6) is 0 Å². The molecule has 0 aliphatic heterocycles. The van der Waals surface area contributed by atoms with Crippen LogP contribution in [0.25, 0.3) is 55.7 Å². The standard InChI is InChI=1S/C25H21N7O/c1-2-26-10-15-7-17(12-27-11-15)21-8-19-23(13-29-21)31-32-25(19)22-9-18-20(30-22)3-5-28-24(18)16-4-6-33-14-16/h3-9,11-14,26,30H,2,10H2,1H3,(H,31,32). The van der Waals surface area contributed by atoms with E-state index in [0.717, 1.165) is 74.4 Å². The van der Waals surface area contributed by atoms with Crippen molar-refractivity contribution in [2.24, 2.45) is 0 Å². The van der Waals surface area contributed by atoms with Crippen LogP contribution in [0.4, 0.5) is 0 Å². The van der Waals surface area contributed by atoms with Gasteiger partial charge in [0.15, 0.2) is 0 Å². The summed E-state index contributed by atoms with van der Waals surface area (Å²) in [4.78, 5) is 17.1. The molecule has 6 aromatic heterocycles. The van der Waals surface area contributed by atoms with E-state index < -0.39 is 0 Å². The summed E-state index contributed by atoms with van der Waals surface area (Å²) >= 11 is 0. The maximum Gasteiger partial charge on any atom is 0.116 e. The van der Waals surface area contributed by atoms with E-state index in [1.54, 1.807) is 18.7 Å². The second kappa shape index (κ2) is 7.99. The van der Waals surface area contributed by atoms with Gasteiger partial charge in [0.1, 0.15) is 5.69 Å². The number of aromatic nitrogens is 6. The van der Waals surface area contributed by atoms with E-state index in [1.807, 2.05) is 30.7 Å². The van der Waals surface area contributed by atoms with Crippen molar-refractivity contribution in [3.63, 3.8) is 0 Å². The molecule has 162 valence electrons. The van der Waals surface area contributed by atoms with E-state index in [0.29, 0.717) is 0 Å². The summed E-state index contributed by atoms with van der Waals surface area (Å²) in [5.74, 6) is 0. The second-order valence-electron chi connectivity index (χ2n) is 7.87. The van der Waals surface area contributed by atoms with Gasteiger partial charge in [0.25, 0.3) is 0 Å². The molecule has 3 N–H and O–H groups in total. The highest BCUT2D eigenvalue weighted by atomic mass is 16.3. The Morgan fingerprint density at radius 3 is 2.76 bits per heavy atom. The van der Waals surface area contributed by atoms with E-state index in [9.17, 15) is 0 Å². The lowest BCUT2D eigenvalue weighted by Crippen LogP contribution is -2.11. The van der Waals surface area contributed by atoms with Crippen LogP contribution < -0.4 is 5.32 Å². The van der Waals surface area contributed by atoms with Gasteiger partial charge < -0.3 is 14.7 Å². The van der Waals surface area contributed by atoms with Gasteiger partial charge in [-0.15, -0.1) is 0 Å². The summed E-state index contributed by atoms with van der Waals surface area (Å²) in [6, 6.07) is 10.1. The molecule has 0 unspecified atom stereocenters. The Balaban J connectivity index is 1.44. The van der Waals surface area contributed by atoms with Crippen LogP contribution in [0, 0.1) is 0 Å². The Bertz CT molecular complexity index is 1560. The molecular formula is C25H21N7O. The van der Waals surface area contributed by atoms with Gasteiger partial charge in [-0.2, -0.15) is 5.10 Å². The molecule has 0 atom stereocenters. The van der Waals surface area contributed by atoms with Gasteiger partial charge in [-0.3, -0.25) is 20.1 Å². The van der Waals surface area contributed by atoms with Crippen molar-refractivity contribution < 1.29 is 4.42 Å². The SMILES string of the molecule is CCNCc1cncc(-c2cc3c(-c4cc5c(-c6ccoc6)nccc5[nH]4)n[nH]c3cn2)c1. The van der Waals surface area contributed by atoms with Crippen molar-refractivity contribution >= 4 is 21.8 Å². The lowest BCUT2D eigenvalue weighted by atomic mass is 10.1. The zero-order valence-electron chi connectivity index (χ0n) is 18.0. The fourth-order valence-corrected chi connectivity index (χ4v) is 4.08. The maximum absolute atomic E-state index is 5.26. The van der Waals surface area contributed by atoms with Crippen molar-refractivity contribution in [1.29, 1.82) is 0 Å². The molecule has 0 radical (unpaired) electrons. The van der Waals surface area contributed by atoms with E-state index >= 15 is 0 Å². The summed E-state index contributed by atoms with van der Waals surface area (Å²) in [7, 11) is 0. The van der Waals surface area contributed by atoms with Gasteiger partial charge in [-0.25, -0.2) is 0 Å². The number of H-pyrrole nitrogens is 2. The zero-order valence-corrected chi connectivity index (χ0v) is 18.0. The largest absolute Gasteiger partial charge is 0.472 e. The van der Waals surface area contributed by atoms with Gasteiger partial charge in [0, 0.05) is 52.6 Å². The third-order valence-electron chi connectivity index (χ3n) is 5.71. The van der Waals surface area contributed by atoms with Crippen LogP contribution in [0.15, 0.2) is 72.1 Å². The van der Waals surface area contributed by atoms with Crippen LogP contribution >= 0.6 is 0 Å². The first kappa shape index (κ1) is 19.4. The van der Waals surface area contributed by atoms with E-state index in [2.05, 4.69) is 60.6 Å². The number of nitrogens with one attached hydrogen (secondary N) is 3. The number of fused-ring (bicyclic) bond motifs is 2. The van der Waals surface area contributed by atoms with Crippen molar-refractivity contribution in [1.82, 2.24) is 35.5 Å². The van der Waals surface area contributed by atoms with Gasteiger partial charge in [-0.1, -0.05) is 6.92 Å². The minimum atomic E-state index is 0.776. The minimum absolute atomic E-state index is 0.776. The first-order chi connectivity index (χ1) is 16.3. The quantitative estimate of drug-likeness (QED) is 0.342. The molecule has 0 spiro atoms. The van der Waals surface area contributed by atoms with Gasteiger partial charge in [0.2, 0.25) is 0 Å². The third kappa shape index (κ3) is 3.46. The van der Waals surface area contributed by atoms with Gasteiger partial charge in [0.05, 0.1) is 41.3 Å². The van der Waals surface area contributed by atoms with E-state index in [-0.39, 0.29) is 0 Å². The van der Waals surface area contributed by atoms with Crippen molar-refractivity contribution in [3.05, 3.63) is 73.2 Å². The Morgan fingerprint density at radius 2 is 1.88 bits per heavy atom. The van der Waals surface area contributed by atoms with Crippen LogP contribution in [-0.2, 0) is 6.54 Å². The average molecular weight is 435 g/mol. The molecule has 6 aromatic rings. The molecular weight excluding hydrogens is 414 g/mol. The Morgan fingerprint density at radius 1 is 0.939 bits per heavy atom. The molecule has 0 saturated carbocycles. The van der Waals surface area contributed by atoms with Crippen LogP contribution in [0.1, 0.15) is 12.5 Å². The van der Waals surface area contributed by atoms with Crippen LogP contribution in [0.2, 0.25) is 0 Å². The van der Waals surface area contributed by atoms with Crippen LogP contribution in [0.3, 0.4) is 0 Å². The summed E-state index contributed by atoms with van der Waals surface area (Å²) < 4.78 is 5.26. The number of pyridine rings is 3. The Labute approximate surface area is 189 Å². The molecule has 0 saturated heterocycles. The smallest absolute Gasteiger partial charge is 0.116 e. The highest BCUT2D eigenvalue weighted by Crippen LogP contribution is 2.33. The molecule has 8 heteroatoms. The normalized spacial score (nSPS) is 11.5. The predicted molar refractivity (Wildman–Crippen MR) is 127 cm³/mol. The molecule has 33 heavy (non-hydrogen) atoms. The van der Waals surface area contributed by atoms with E-state index in [4.69, 9.17) is 4.42 Å². The predicted octanol–water partition coefficient (Wildman–Crippen LogP) is 4.93. The summed E-state index contributed by atoms with van der Waals surface area (Å²) in [5.41, 5.74) is 8.36. The van der Waals surface area contributed by atoms with Crippen molar-refractivity contribution in [2.45, 2.75) is 13.5 Å². The lowest BCUT2D eigenvalue weighted by Gasteiger charge is -2.05. The molecule has 0 bridgehead atoms. The highest BCUT2D eigenvalue weighted by molar-refractivity contribution is 6.00. The fraction of sp³-hybridized carbons (Fsp3) is 0.120. The monoisotopic (exact) mass is 435 g/mol. The maximum atomic E-state index is 5.26. The fourth-order valence-electron chi connectivity index (χ4n) is 4.08. The molecule has 0 aliphatic rings. The molecule has 0 amide bonds. The number of aromatic amines is 2. The van der Waals surface area contributed by atoms with Gasteiger partial charge >= 0.3 is 0 Å².